The van der Waals surface area contributed by atoms with Gasteiger partial charge in [-0.25, -0.2) is 0 Å². The van der Waals surface area contributed by atoms with Crippen molar-refractivity contribution in [1.82, 2.24) is 4.90 Å². The van der Waals surface area contributed by atoms with Crippen molar-refractivity contribution >= 4 is 22.9 Å². The van der Waals surface area contributed by atoms with Crippen LogP contribution in [0.2, 0.25) is 0 Å². The van der Waals surface area contributed by atoms with Gasteiger partial charge >= 0.3 is 6.18 Å². The Morgan fingerprint density at radius 1 is 1.29 bits per heavy atom. The lowest BCUT2D eigenvalue weighted by atomic mass is 10.1. The normalized spacial score (nSPS) is 16.1. The molecule has 0 radical (unpaired) electrons. The van der Waals surface area contributed by atoms with Gasteiger partial charge in [0.25, 0.3) is 0 Å². The number of thiocarbonyl (C=S) groups is 1. The molecule has 1 aromatic carbocycles. The number of rotatable bonds is 5. The molecule has 116 valence electrons. The minimum atomic E-state index is -4.40. The average molecular weight is 317 g/mol. The van der Waals surface area contributed by atoms with Gasteiger partial charge < -0.3 is 16.0 Å². The van der Waals surface area contributed by atoms with Gasteiger partial charge in [-0.05, 0) is 44.1 Å². The molecule has 1 aliphatic heterocycles. The van der Waals surface area contributed by atoms with E-state index in [2.05, 4.69) is 10.2 Å². The monoisotopic (exact) mass is 317 g/mol. The highest BCUT2D eigenvalue weighted by Crippen LogP contribution is 2.31. The number of benzene rings is 1. The van der Waals surface area contributed by atoms with Crippen LogP contribution in [0, 0.1) is 0 Å². The second kappa shape index (κ2) is 6.62. The SMILES string of the molecule is NC(=S)c1cc(C(F)(F)F)ccc1NCCN1CCCC1. The van der Waals surface area contributed by atoms with Gasteiger partial charge in [0.05, 0.1) is 5.56 Å². The van der Waals surface area contributed by atoms with E-state index in [9.17, 15) is 13.2 Å². The predicted octanol–water partition coefficient (Wildman–Crippen LogP) is 2.85. The third-order valence-electron chi connectivity index (χ3n) is 3.55. The molecule has 1 saturated heterocycles. The maximum absolute atomic E-state index is 12.7. The first-order valence-corrected chi connectivity index (χ1v) is 7.26. The highest BCUT2D eigenvalue weighted by molar-refractivity contribution is 7.80. The molecule has 1 heterocycles. The second-order valence-electron chi connectivity index (χ2n) is 5.10. The van der Waals surface area contributed by atoms with Crippen LogP contribution in [-0.2, 0) is 6.18 Å². The maximum Gasteiger partial charge on any atom is 0.416 e. The van der Waals surface area contributed by atoms with Crippen LogP contribution in [0.4, 0.5) is 18.9 Å². The van der Waals surface area contributed by atoms with Crippen LogP contribution in [0.25, 0.3) is 0 Å². The van der Waals surface area contributed by atoms with Crippen molar-refractivity contribution in [3.8, 4) is 0 Å². The number of likely N-dealkylation sites (tertiary alicyclic amines) is 1. The average Bonchev–Trinajstić information content (AvgIpc) is 2.90. The van der Waals surface area contributed by atoms with Crippen LogP contribution in [-0.4, -0.2) is 36.1 Å². The van der Waals surface area contributed by atoms with Crippen molar-refractivity contribution in [3.05, 3.63) is 29.3 Å². The quantitative estimate of drug-likeness (QED) is 0.820. The summed E-state index contributed by atoms with van der Waals surface area (Å²) in [6.07, 6.45) is -1.98. The molecule has 0 atom stereocenters. The number of halogens is 3. The number of alkyl halides is 3. The molecule has 1 aromatic rings. The van der Waals surface area contributed by atoms with E-state index in [1.54, 1.807) is 0 Å². The van der Waals surface area contributed by atoms with Crippen LogP contribution >= 0.6 is 12.2 Å². The first kappa shape index (κ1) is 16.0. The molecule has 7 heteroatoms. The molecule has 0 aromatic heterocycles. The minimum absolute atomic E-state index is 0.0372. The van der Waals surface area contributed by atoms with Crippen LogP contribution in [0.1, 0.15) is 24.0 Å². The molecule has 0 saturated carbocycles. The van der Waals surface area contributed by atoms with Gasteiger partial charge in [-0.15, -0.1) is 0 Å². The number of nitrogens with one attached hydrogen (secondary N) is 1. The zero-order valence-electron chi connectivity index (χ0n) is 11.5. The van der Waals surface area contributed by atoms with E-state index < -0.39 is 11.7 Å². The fourth-order valence-corrected chi connectivity index (χ4v) is 2.60. The van der Waals surface area contributed by atoms with E-state index in [1.807, 2.05) is 0 Å². The summed E-state index contributed by atoms with van der Waals surface area (Å²) in [7, 11) is 0. The minimum Gasteiger partial charge on any atom is -0.389 e. The lowest BCUT2D eigenvalue weighted by molar-refractivity contribution is -0.137. The molecule has 3 nitrogen and oxygen atoms in total. The van der Waals surface area contributed by atoms with Crippen molar-refractivity contribution in [2.75, 3.05) is 31.5 Å². The molecular weight excluding hydrogens is 299 g/mol. The molecule has 0 unspecified atom stereocenters. The van der Waals surface area contributed by atoms with Gasteiger partial charge in [0.1, 0.15) is 4.99 Å². The lowest BCUT2D eigenvalue weighted by Crippen LogP contribution is -2.26. The Morgan fingerprint density at radius 2 is 1.95 bits per heavy atom. The second-order valence-corrected chi connectivity index (χ2v) is 5.54. The Morgan fingerprint density at radius 3 is 2.52 bits per heavy atom. The predicted molar refractivity (Wildman–Crippen MR) is 81.5 cm³/mol. The summed E-state index contributed by atoms with van der Waals surface area (Å²) in [5, 5.41) is 3.12. The maximum atomic E-state index is 12.7. The zero-order valence-corrected chi connectivity index (χ0v) is 12.4. The molecular formula is C14H18F3N3S. The standard InChI is InChI=1S/C14H18F3N3S/c15-14(16,17)10-3-4-12(11(9-10)13(18)21)19-5-8-20-6-1-2-7-20/h3-4,9,19H,1-2,5-8H2,(H2,18,21). The lowest BCUT2D eigenvalue weighted by Gasteiger charge is -2.17. The number of nitrogens with two attached hydrogens (primary N) is 1. The summed E-state index contributed by atoms with van der Waals surface area (Å²) in [5.41, 5.74) is 5.58. The van der Waals surface area contributed by atoms with Crippen molar-refractivity contribution in [1.29, 1.82) is 0 Å². The van der Waals surface area contributed by atoms with Crippen LogP contribution in [0.3, 0.4) is 0 Å². The number of nitrogens with zero attached hydrogens (tertiary/aromatic N) is 1. The van der Waals surface area contributed by atoms with Gasteiger partial charge in [-0.3, -0.25) is 0 Å². The third kappa shape index (κ3) is 4.31. The number of hydrogen-bond donors (Lipinski definition) is 2. The van der Waals surface area contributed by atoms with Gasteiger partial charge in [0.15, 0.2) is 0 Å². The smallest absolute Gasteiger partial charge is 0.389 e. The molecule has 21 heavy (non-hydrogen) atoms. The van der Waals surface area contributed by atoms with Crippen molar-refractivity contribution < 1.29 is 13.2 Å². The van der Waals surface area contributed by atoms with Crippen LogP contribution < -0.4 is 11.1 Å². The molecule has 1 fully saturated rings. The van der Waals surface area contributed by atoms with E-state index in [-0.39, 0.29) is 10.6 Å². The fraction of sp³-hybridized carbons (Fsp3) is 0.500. The Hall–Kier alpha value is -1.34. The van der Waals surface area contributed by atoms with Gasteiger partial charge in [-0.1, -0.05) is 12.2 Å². The Balaban J connectivity index is 2.05. The largest absolute Gasteiger partial charge is 0.416 e. The highest BCUT2D eigenvalue weighted by atomic mass is 32.1. The first-order valence-electron chi connectivity index (χ1n) is 6.85. The molecule has 0 amide bonds. The Bertz CT molecular complexity index is 511. The first-order chi connectivity index (χ1) is 9.88. The van der Waals surface area contributed by atoms with E-state index in [1.165, 1.54) is 18.9 Å². The Kier molecular flexibility index (Phi) is 5.05. The molecule has 0 bridgehead atoms. The molecule has 0 spiro atoms. The molecule has 3 N–H and O–H groups in total. The van der Waals surface area contributed by atoms with Crippen molar-refractivity contribution in [2.24, 2.45) is 5.73 Å². The van der Waals surface area contributed by atoms with Crippen LogP contribution in [0.15, 0.2) is 18.2 Å². The molecule has 2 rings (SSSR count). The van der Waals surface area contributed by atoms with Crippen LogP contribution in [0.5, 0.6) is 0 Å². The third-order valence-corrected chi connectivity index (χ3v) is 3.77. The van der Waals surface area contributed by atoms with E-state index >= 15 is 0 Å². The van der Waals surface area contributed by atoms with Crippen molar-refractivity contribution in [2.45, 2.75) is 19.0 Å². The van der Waals surface area contributed by atoms with Gasteiger partial charge in [0.2, 0.25) is 0 Å². The summed E-state index contributed by atoms with van der Waals surface area (Å²) in [6, 6.07) is 3.43. The van der Waals surface area contributed by atoms with Gasteiger partial charge in [-0.2, -0.15) is 13.2 Å². The number of hydrogen-bond acceptors (Lipinski definition) is 3. The van der Waals surface area contributed by atoms with Gasteiger partial charge in [0, 0.05) is 24.3 Å². The summed E-state index contributed by atoms with van der Waals surface area (Å²) in [4.78, 5) is 2.28. The number of anilines is 1. The Labute approximate surface area is 127 Å². The summed E-state index contributed by atoms with van der Waals surface area (Å²) >= 11 is 4.85. The van der Waals surface area contributed by atoms with Crippen molar-refractivity contribution in [3.63, 3.8) is 0 Å². The summed E-state index contributed by atoms with van der Waals surface area (Å²) in [5.74, 6) is 0. The summed E-state index contributed by atoms with van der Waals surface area (Å²) < 4.78 is 38.1. The topological polar surface area (TPSA) is 41.3 Å². The summed E-state index contributed by atoms with van der Waals surface area (Å²) in [6.45, 7) is 3.67. The van der Waals surface area contributed by atoms with E-state index in [0.29, 0.717) is 12.2 Å². The highest BCUT2D eigenvalue weighted by Gasteiger charge is 2.31. The zero-order chi connectivity index (χ0) is 15.5. The fourth-order valence-electron chi connectivity index (χ4n) is 2.43. The van der Waals surface area contributed by atoms with E-state index in [4.69, 9.17) is 18.0 Å². The molecule has 1 aliphatic rings. The molecule has 0 aliphatic carbocycles. The van der Waals surface area contributed by atoms with E-state index in [0.717, 1.165) is 31.8 Å².